The van der Waals surface area contributed by atoms with Crippen LogP contribution < -0.4 is 15.4 Å². The number of hydrogen-bond donors (Lipinski definition) is 2. The van der Waals surface area contributed by atoms with Crippen molar-refractivity contribution in [2.24, 2.45) is 0 Å². The van der Waals surface area contributed by atoms with Gasteiger partial charge in [0.15, 0.2) is 5.11 Å². The fraction of sp³-hybridized carbons (Fsp3) is 0.333. The van der Waals surface area contributed by atoms with Crippen molar-refractivity contribution < 1.29 is 14.3 Å². The van der Waals surface area contributed by atoms with E-state index in [1.54, 1.807) is 7.11 Å². The maximum Gasteiger partial charge on any atom is 0.413 e. The molecular weight excluding hydrogens is 252 g/mol. The molecule has 1 aromatic rings. The van der Waals surface area contributed by atoms with Crippen LogP contribution in [0.25, 0.3) is 0 Å². The van der Waals surface area contributed by atoms with E-state index in [1.165, 1.54) is 7.11 Å². The standard InChI is InChI=1S/C12H16N2O3S/c1-16-10-5-3-9(4-6-10)7-8-13-11(18)14-12(15)17-2/h3-6H,7-8H2,1-2H3,(H2,13,14,15,18). The second-order valence-corrected chi connectivity index (χ2v) is 3.88. The van der Waals surface area contributed by atoms with Crippen LogP contribution in [0.1, 0.15) is 5.56 Å². The van der Waals surface area contributed by atoms with Gasteiger partial charge in [-0.2, -0.15) is 0 Å². The van der Waals surface area contributed by atoms with E-state index < -0.39 is 6.09 Å². The van der Waals surface area contributed by atoms with Crippen LogP contribution in [0.4, 0.5) is 4.79 Å². The van der Waals surface area contributed by atoms with Gasteiger partial charge >= 0.3 is 6.09 Å². The highest BCUT2D eigenvalue weighted by atomic mass is 32.1. The van der Waals surface area contributed by atoms with Gasteiger partial charge in [-0.3, -0.25) is 5.32 Å². The molecule has 0 aliphatic carbocycles. The van der Waals surface area contributed by atoms with Crippen LogP contribution >= 0.6 is 12.2 Å². The molecule has 98 valence electrons. The third-order valence-corrected chi connectivity index (χ3v) is 2.51. The lowest BCUT2D eigenvalue weighted by molar-refractivity contribution is 0.176. The number of rotatable bonds is 4. The number of alkyl carbamates (subject to hydrolysis) is 1. The second kappa shape index (κ2) is 7.50. The van der Waals surface area contributed by atoms with E-state index in [2.05, 4.69) is 15.4 Å². The zero-order valence-corrected chi connectivity index (χ0v) is 11.2. The van der Waals surface area contributed by atoms with Crippen molar-refractivity contribution in [2.45, 2.75) is 6.42 Å². The summed E-state index contributed by atoms with van der Waals surface area (Å²) in [5.41, 5.74) is 1.16. The normalized spacial score (nSPS) is 9.44. The molecule has 1 amide bonds. The van der Waals surface area contributed by atoms with Crippen molar-refractivity contribution in [3.8, 4) is 5.75 Å². The number of thiocarbonyl (C=S) groups is 1. The number of methoxy groups -OCH3 is 2. The first kappa shape index (κ1) is 14.2. The molecule has 6 heteroatoms. The minimum absolute atomic E-state index is 0.260. The topological polar surface area (TPSA) is 59.6 Å². The fourth-order valence-electron chi connectivity index (χ4n) is 1.30. The summed E-state index contributed by atoms with van der Waals surface area (Å²) in [6, 6.07) is 7.77. The quantitative estimate of drug-likeness (QED) is 0.810. The van der Waals surface area contributed by atoms with Gasteiger partial charge in [-0.15, -0.1) is 0 Å². The number of carbonyl (C=O) groups excluding carboxylic acids is 1. The number of ether oxygens (including phenoxy) is 2. The Balaban J connectivity index is 2.28. The lowest BCUT2D eigenvalue weighted by atomic mass is 10.1. The first-order chi connectivity index (χ1) is 8.65. The number of carbonyl (C=O) groups is 1. The molecule has 0 bridgehead atoms. The molecule has 0 spiro atoms. The van der Waals surface area contributed by atoms with Crippen LogP contribution in [-0.4, -0.2) is 32.0 Å². The van der Waals surface area contributed by atoms with E-state index in [9.17, 15) is 4.79 Å². The third-order valence-electron chi connectivity index (χ3n) is 2.26. The molecule has 0 aliphatic heterocycles. The Hall–Kier alpha value is -1.82. The Morgan fingerprint density at radius 1 is 1.28 bits per heavy atom. The predicted molar refractivity (Wildman–Crippen MR) is 72.8 cm³/mol. The van der Waals surface area contributed by atoms with Crippen molar-refractivity contribution in [3.05, 3.63) is 29.8 Å². The maximum absolute atomic E-state index is 10.9. The number of hydrogen-bond acceptors (Lipinski definition) is 4. The minimum atomic E-state index is -0.572. The molecule has 0 aromatic heterocycles. The second-order valence-electron chi connectivity index (χ2n) is 3.47. The van der Waals surface area contributed by atoms with Crippen LogP contribution in [0.3, 0.4) is 0 Å². The molecule has 0 unspecified atom stereocenters. The van der Waals surface area contributed by atoms with Crippen LogP contribution in [0.15, 0.2) is 24.3 Å². The molecular formula is C12H16N2O3S. The predicted octanol–water partition coefficient (Wildman–Crippen LogP) is 1.47. The molecule has 0 aliphatic rings. The smallest absolute Gasteiger partial charge is 0.413 e. The van der Waals surface area contributed by atoms with Crippen LogP contribution in [0, 0.1) is 0 Å². The highest BCUT2D eigenvalue weighted by Gasteiger charge is 2.02. The molecule has 0 fully saturated rings. The summed E-state index contributed by atoms with van der Waals surface area (Å²) in [6.07, 6.45) is 0.226. The summed E-state index contributed by atoms with van der Waals surface area (Å²) < 4.78 is 9.49. The zero-order chi connectivity index (χ0) is 13.4. The van der Waals surface area contributed by atoms with Crippen LogP contribution in [-0.2, 0) is 11.2 Å². The third kappa shape index (κ3) is 5.01. The van der Waals surface area contributed by atoms with Gasteiger partial charge in [-0.1, -0.05) is 12.1 Å². The zero-order valence-electron chi connectivity index (χ0n) is 10.4. The van der Waals surface area contributed by atoms with Crippen LogP contribution in [0.5, 0.6) is 5.75 Å². The molecule has 1 aromatic carbocycles. The molecule has 0 radical (unpaired) electrons. The number of amides is 1. The fourth-order valence-corrected chi connectivity index (χ4v) is 1.49. The summed E-state index contributed by atoms with van der Waals surface area (Å²) in [6.45, 7) is 0.634. The van der Waals surface area contributed by atoms with Crippen LogP contribution in [0.2, 0.25) is 0 Å². The Kier molecular flexibility index (Phi) is 5.93. The van der Waals surface area contributed by atoms with E-state index in [0.717, 1.165) is 17.7 Å². The van der Waals surface area contributed by atoms with Crippen molar-refractivity contribution in [1.82, 2.24) is 10.6 Å². The monoisotopic (exact) mass is 268 g/mol. The summed E-state index contributed by atoms with van der Waals surface area (Å²) >= 11 is 4.91. The highest BCUT2D eigenvalue weighted by molar-refractivity contribution is 7.80. The van der Waals surface area contributed by atoms with Gasteiger partial charge in [-0.25, -0.2) is 4.79 Å². The van der Waals surface area contributed by atoms with E-state index in [1.807, 2.05) is 24.3 Å². The summed E-state index contributed by atoms with van der Waals surface area (Å²) in [7, 11) is 2.92. The van der Waals surface area contributed by atoms with Gasteiger partial charge in [0.05, 0.1) is 14.2 Å². The molecule has 0 atom stereocenters. The summed E-state index contributed by atoms with van der Waals surface area (Å²) in [5.74, 6) is 0.828. The summed E-state index contributed by atoms with van der Waals surface area (Å²) in [5, 5.41) is 5.55. The molecule has 2 N–H and O–H groups in total. The van der Waals surface area contributed by atoms with Gasteiger partial charge in [-0.05, 0) is 36.3 Å². The lowest BCUT2D eigenvalue weighted by Crippen LogP contribution is -2.39. The molecule has 18 heavy (non-hydrogen) atoms. The average molecular weight is 268 g/mol. The van der Waals surface area contributed by atoms with E-state index in [4.69, 9.17) is 17.0 Å². The van der Waals surface area contributed by atoms with Gasteiger partial charge in [0.2, 0.25) is 0 Å². The first-order valence-corrected chi connectivity index (χ1v) is 5.82. The van der Waals surface area contributed by atoms with Crippen molar-refractivity contribution in [3.63, 3.8) is 0 Å². The molecule has 0 saturated carbocycles. The lowest BCUT2D eigenvalue weighted by Gasteiger charge is -2.08. The molecule has 1 rings (SSSR count). The highest BCUT2D eigenvalue weighted by Crippen LogP contribution is 2.11. The Labute approximate surface area is 111 Å². The van der Waals surface area contributed by atoms with Gasteiger partial charge in [0.1, 0.15) is 5.75 Å². The maximum atomic E-state index is 10.9. The van der Waals surface area contributed by atoms with Gasteiger partial charge < -0.3 is 14.8 Å². The van der Waals surface area contributed by atoms with E-state index in [-0.39, 0.29) is 5.11 Å². The first-order valence-electron chi connectivity index (χ1n) is 5.41. The Bertz CT molecular complexity index is 406. The van der Waals surface area contributed by atoms with Gasteiger partial charge in [0.25, 0.3) is 0 Å². The molecule has 5 nitrogen and oxygen atoms in total. The number of benzene rings is 1. The average Bonchev–Trinajstić information content (AvgIpc) is 2.39. The number of nitrogens with one attached hydrogen (secondary N) is 2. The SMILES string of the molecule is COC(=O)NC(=S)NCCc1ccc(OC)cc1. The van der Waals surface area contributed by atoms with Crippen molar-refractivity contribution in [1.29, 1.82) is 0 Å². The van der Waals surface area contributed by atoms with Gasteiger partial charge in [0, 0.05) is 6.54 Å². The Morgan fingerprint density at radius 3 is 2.50 bits per heavy atom. The minimum Gasteiger partial charge on any atom is -0.497 e. The van der Waals surface area contributed by atoms with E-state index in [0.29, 0.717) is 6.54 Å². The molecule has 0 saturated heterocycles. The van der Waals surface area contributed by atoms with Crippen molar-refractivity contribution >= 4 is 23.4 Å². The van der Waals surface area contributed by atoms with Crippen molar-refractivity contribution in [2.75, 3.05) is 20.8 Å². The summed E-state index contributed by atoms with van der Waals surface area (Å²) in [4.78, 5) is 10.9. The largest absolute Gasteiger partial charge is 0.497 e. The molecule has 0 heterocycles. The Morgan fingerprint density at radius 2 is 1.94 bits per heavy atom. The van der Waals surface area contributed by atoms with E-state index >= 15 is 0 Å².